The van der Waals surface area contributed by atoms with Crippen molar-refractivity contribution in [3.05, 3.63) is 18.2 Å². The number of piperidine rings is 2. The minimum atomic E-state index is 0. The zero-order valence-electron chi connectivity index (χ0n) is 21.3. The molecule has 2 saturated heterocycles. The monoisotopic (exact) mass is 573 g/mol. The highest BCUT2D eigenvalue weighted by molar-refractivity contribution is 14.0. The number of anilines is 1. The first-order valence-corrected chi connectivity index (χ1v) is 12.0. The van der Waals surface area contributed by atoms with Gasteiger partial charge in [-0.25, -0.2) is 0 Å². The molecule has 2 aliphatic heterocycles. The number of methoxy groups -OCH3 is 2. The van der Waals surface area contributed by atoms with Crippen LogP contribution in [0.3, 0.4) is 0 Å². The van der Waals surface area contributed by atoms with Crippen LogP contribution in [0.2, 0.25) is 0 Å². The number of hydrogen-bond donors (Lipinski definition) is 2. The summed E-state index contributed by atoms with van der Waals surface area (Å²) in [5, 5.41) is 7.24. The summed E-state index contributed by atoms with van der Waals surface area (Å²) in [7, 11) is 5.25. The van der Waals surface area contributed by atoms with E-state index in [-0.39, 0.29) is 29.5 Å². The smallest absolute Gasteiger partial charge is 0.191 e. The van der Waals surface area contributed by atoms with Crippen LogP contribution in [0.5, 0.6) is 11.5 Å². The topological polar surface area (TPSA) is 61.4 Å². The normalized spacial score (nSPS) is 20.7. The van der Waals surface area contributed by atoms with Crippen LogP contribution in [0.15, 0.2) is 23.2 Å². The highest BCUT2D eigenvalue weighted by Crippen LogP contribution is 2.30. The van der Waals surface area contributed by atoms with Crippen LogP contribution in [-0.4, -0.2) is 76.4 Å². The lowest BCUT2D eigenvalue weighted by Crippen LogP contribution is -2.57. The van der Waals surface area contributed by atoms with Crippen molar-refractivity contribution in [1.29, 1.82) is 0 Å². The molecule has 1 aromatic rings. The van der Waals surface area contributed by atoms with Gasteiger partial charge < -0.3 is 25.0 Å². The van der Waals surface area contributed by atoms with Gasteiger partial charge in [0, 0.05) is 68.7 Å². The molecular formula is C25H44IN5O2. The molecule has 3 rings (SSSR count). The van der Waals surface area contributed by atoms with Gasteiger partial charge in [-0.2, -0.15) is 0 Å². The summed E-state index contributed by atoms with van der Waals surface area (Å²) in [5.41, 5.74) is 1.26. The number of nitrogens with zero attached hydrogens (tertiary/aromatic N) is 3. The number of likely N-dealkylation sites (tertiary alicyclic amines) is 1. The number of benzene rings is 1. The van der Waals surface area contributed by atoms with Gasteiger partial charge in [-0.3, -0.25) is 9.89 Å². The summed E-state index contributed by atoms with van der Waals surface area (Å²) < 4.78 is 10.9. The molecule has 0 radical (unpaired) electrons. The van der Waals surface area contributed by atoms with E-state index in [4.69, 9.17) is 9.47 Å². The van der Waals surface area contributed by atoms with Crippen LogP contribution >= 0.6 is 24.0 Å². The van der Waals surface area contributed by atoms with E-state index in [0.717, 1.165) is 61.5 Å². The quantitative estimate of drug-likeness (QED) is 0.293. The first kappa shape index (κ1) is 27.8. The third-order valence-corrected chi connectivity index (χ3v) is 6.96. The number of rotatable bonds is 7. The van der Waals surface area contributed by atoms with E-state index in [0.29, 0.717) is 6.04 Å². The second-order valence-corrected chi connectivity index (χ2v) is 9.91. The van der Waals surface area contributed by atoms with Crippen LogP contribution in [-0.2, 0) is 0 Å². The van der Waals surface area contributed by atoms with Gasteiger partial charge in [0.05, 0.1) is 14.2 Å². The average Bonchev–Trinajstić information content (AvgIpc) is 2.81. The van der Waals surface area contributed by atoms with Crippen LogP contribution in [0.4, 0.5) is 5.69 Å². The largest absolute Gasteiger partial charge is 0.497 e. The van der Waals surface area contributed by atoms with Crippen molar-refractivity contribution < 1.29 is 9.47 Å². The molecule has 0 spiro atoms. The standard InChI is InChI=1S/C25H43N5O2.HI/c1-19-8-7-11-30(17-19)25(2,3)18-27-24(26-4)28-20-9-12-29(13-10-20)21-14-22(31-5)16-23(15-21)32-6;/h14-16,19-20H,7-13,17-18H2,1-6H3,(H2,26,27,28);1H. The van der Waals surface area contributed by atoms with Gasteiger partial charge in [0.15, 0.2) is 5.96 Å². The Morgan fingerprint density at radius 3 is 2.24 bits per heavy atom. The Balaban J connectivity index is 0.00000385. The average molecular weight is 574 g/mol. The van der Waals surface area contributed by atoms with Gasteiger partial charge in [-0.1, -0.05) is 6.92 Å². The number of guanidine groups is 1. The summed E-state index contributed by atoms with van der Waals surface area (Å²) in [4.78, 5) is 9.53. The Bertz CT molecular complexity index is 743. The molecule has 7 nitrogen and oxygen atoms in total. The van der Waals surface area contributed by atoms with E-state index in [2.05, 4.69) is 58.3 Å². The molecule has 1 atom stereocenters. The van der Waals surface area contributed by atoms with E-state index < -0.39 is 0 Å². The van der Waals surface area contributed by atoms with E-state index >= 15 is 0 Å². The fourth-order valence-corrected chi connectivity index (χ4v) is 4.80. The van der Waals surface area contributed by atoms with Crippen molar-refractivity contribution >= 4 is 35.6 Å². The van der Waals surface area contributed by atoms with Crippen LogP contribution in [0.25, 0.3) is 0 Å². The van der Waals surface area contributed by atoms with Gasteiger partial charge in [0.2, 0.25) is 0 Å². The van der Waals surface area contributed by atoms with Gasteiger partial charge >= 0.3 is 0 Å². The fraction of sp³-hybridized carbons (Fsp3) is 0.720. The molecule has 2 aliphatic rings. The number of nitrogens with one attached hydrogen (secondary N) is 2. The minimum absolute atomic E-state index is 0. The molecule has 1 unspecified atom stereocenters. The summed E-state index contributed by atoms with van der Waals surface area (Å²) in [6.45, 7) is 12.3. The first-order valence-electron chi connectivity index (χ1n) is 12.0. The van der Waals surface area contributed by atoms with Crippen molar-refractivity contribution in [3.63, 3.8) is 0 Å². The molecule has 2 heterocycles. The molecule has 0 saturated carbocycles. The van der Waals surface area contributed by atoms with Crippen molar-refractivity contribution in [3.8, 4) is 11.5 Å². The fourth-order valence-electron chi connectivity index (χ4n) is 4.80. The second-order valence-electron chi connectivity index (χ2n) is 9.91. The molecule has 0 amide bonds. The highest BCUT2D eigenvalue weighted by atomic mass is 127. The molecule has 2 fully saturated rings. The number of halogens is 1. The molecule has 0 aromatic heterocycles. The molecule has 0 bridgehead atoms. The number of ether oxygens (including phenoxy) is 2. The summed E-state index contributed by atoms with van der Waals surface area (Å²) in [6.07, 6.45) is 4.78. The molecular weight excluding hydrogens is 529 g/mol. The lowest BCUT2D eigenvalue weighted by molar-refractivity contribution is 0.0739. The predicted octanol–water partition coefficient (Wildman–Crippen LogP) is 3.97. The van der Waals surface area contributed by atoms with Crippen LogP contribution < -0.4 is 25.0 Å². The van der Waals surface area contributed by atoms with Crippen LogP contribution in [0.1, 0.15) is 46.5 Å². The molecule has 33 heavy (non-hydrogen) atoms. The summed E-state index contributed by atoms with van der Waals surface area (Å²) >= 11 is 0. The van der Waals surface area contributed by atoms with Gasteiger partial charge in [-0.05, 0) is 52.0 Å². The Morgan fingerprint density at radius 1 is 1.06 bits per heavy atom. The van der Waals surface area contributed by atoms with E-state index in [1.807, 2.05) is 13.1 Å². The highest BCUT2D eigenvalue weighted by Gasteiger charge is 2.30. The molecule has 188 valence electrons. The van der Waals surface area contributed by atoms with E-state index in [9.17, 15) is 0 Å². The van der Waals surface area contributed by atoms with Crippen molar-refractivity contribution in [2.75, 3.05) is 58.9 Å². The maximum atomic E-state index is 5.43. The molecule has 0 aliphatic carbocycles. The zero-order valence-corrected chi connectivity index (χ0v) is 23.6. The van der Waals surface area contributed by atoms with E-state index in [1.165, 1.54) is 25.9 Å². The van der Waals surface area contributed by atoms with Crippen molar-refractivity contribution in [2.24, 2.45) is 10.9 Å². The lowest BCUT2D eigenvalue weighted by atomic mass is 9.93. The third kappa shape index (κ3) is 7.80. The molecule has 1 aromatic carbocycles. The number of hydrogen-bond acceptors (Lipinski definition) is 5. The SMILES string of the molecule is CN=C(NCC(C)(C)N1CCCC(C)C1)NC1CCN(c2cc(OC)cc(OC)c2)CC1.I. The predicted molar refractivity (Wildman–Crippen MR) is 149 cm³/mol. The Morgan fingerprint density at radius 2 is 1.70 bits per heavy atom. The van der Waals surface area contributed by atoms with Crippen molar-refractivity contribution in [1.82, 2.24) is 15.5 Å². The van der Waals surface area contributed by atoms with Gasteiger partial charge in [0.25, 0.3) is 0 Å². The second kappa shape index (κ2) is 12.9. The van der Waals surface area contributed by atoms with Gasteiger partial charge in [-0.15, -0.1) is 24.0 Å². The van der Waals surface area contributed by atoms with Gasteiger partial charge in [0.1, 0.15) is 11.5 Å². The lowest BCUT2D eigenvalue weighted by Gasteiger charge is -2.43. The third-order valence-electron chi connectivity index (χ3n) is 6.96. The summed E-state index contributed by atoms with van der Waals surface area (Å²) in [5.74, 6) is 3.35. The Kier molecular flexibility index (Phi) is 10.9. The van der Waals surface area contributed by atoms with Crippen LogP contribution in [0, 0.1) is 5.92 Å². The Labute approximate surface area is 217 Å². The molecule has 2 N–H and O–H groups in total. The minimum Gasteiger partial charge on any atom is -0.497 e. The maximum absolute atomic E-state index is 5.43. The Hall–Kier alpha value is -1.42. The number of aliphatic imine (C=N–C) groups is 1. The first-order chi connectivity index (χ1) is 15.3. The zero-order chi connectivity index (χ0) is 23.1. The summed E-state index contributed by atoms with van der Waals surface area (Å²) in [6, 6.07) is 6.50. The van der Waals surface area contributed by atoms with E-state index in [1.54, 1.807) is 14.2 Å². The molecule has 8 heteroatoms. The maximum Gasteiger partial charge on any atom is 0.191 e. The van der Waals surface area contributed by atoms with Crippen molar-refractivity contribution in [2.45, 2.75) is 58.0 Å².